The molecule has 1 rings (SSSR count). The van der Waals surface area contributed by atoms with E-state index in [1.807, 2.05) is 20.8 Å². The van der Waals surface area contributed by atoms with Crippen molar-refractivity contribution >= 4 is 26.0 Å². The van der Waals surface area contributed by atoms with E-state index in [9.17, 15) is 8.42 Å². The van der Waals surface area contributed by atoms with E-state index in [2.05, 4.69) is 20.7 Å². The second kappa shape index (κ2) is 4.85. The lowest BCUT2D eigenvalue weighted by Gasteiger charge is -2.24. The summed E-state index contributed by atoms with van der Waals surface area (Å²) in [7, 11) is -3.42. The molecule has 1 aromatic rings. The van der Waals surface area contributed by atoms with Crippen molar-refractivity contribution in [3.8, 4) is 0 Å². The van der Waals surface area contributed by atoms with Gasteiger partial charge in [0, 0.05) is 10.0 Å². The fraction of sp³-hybridized carbons (Fsp3) is 0.455. The summed E-state index contributed by atoms with van der Waals surface area (Å²) in [5.41, 5.74) is -0.425. The Balaban J connectivity index is 2.99. The highest BCUT2D eigenvalue weighted by Gasteiger charge is 2.24. The Kier molecular flexibility index (Phi) is 4.15. The van der Waals surface area contributed by atoms with Gasteiger partial charge in [0.15, 0.2) is 0 Å². The van der Waals surface area contributed by atoms with Crippen molar-refractivity contribution in [3.63, 3.8) is 0 Å². The van der Waals surface area contributed by atoms with Crippen LogP contribution < -0.4 is 4.72 Å². The van der Waals surface area contributed by atoms with Crippen LogP contribution in [0.5, 0.6) is 0 Å². The third-order valence-electron chi connectivity index (χ3n) is 2.42. The minimum absolute atomic E-state index is 0.289. The van der Waals surface area contributed by atoms with Crippen LogP contribution in [-0.2, 0) is 10.0 Å². The van der Waals surface area contributed by atoms with Crippen LogP contribution in [0.15, 0.2) is 33.6 Å². The molecule has 0 saturated carbocycles. The van der Waals surface area contributed by atoms with Gasteiger partial charge in [-0.1, -0.05) is 22.9 Å². The van der Waals surface area contributed by atoms with E-state index in [4.69, 9.17) is 0 Å². The topological polar surface area (TPSA) is 46.2 Å². The molecule has 0 heterocycles. The highest BCUT2D eigenvalue weighted by molar-refractivity contribution is 9.10. The summed E-state index contributed by atoms with van der Waals surface area (Å²) >= 11 is 3.27. The van der Waals surface area contributed by atoms with E-state index in [1.54, 1.807) is 24.3 Å². The molecule has 5 heteroatoms. The van der Waals surface area contributed by atoms with E-state index in [-0.39, 0.29) is 4.90 Å². The maximum absolute atomic E-state index is 12.0. The zero-order valence-electron chi connectivity index (χ0n) is 9.62. The fourth-order valence-electron chi connectivity index (χ4n) is 1.11. The first kappa shape index (κ1) is 13.7. The van der Waals surface area contributed by atoms with Crippen molar-refractivity contribution in [3.05, 3.63) is 28.7 Å². The number of sulfonamides is 1. The Morgan fingerprint density at radius 1 is 1.25 bits per heavy atom. The highest BCUT2D eigenvalue weighted by Crippen LogP contribution is 2.17. The van der Waals surface area contributed by atoms with Crippen molar-refractivity contribution in [2.24, 2.45) is 0 Å². The molecule has 0 aliphatic heterocycles. The highest BCUT2D eigenvalue weighted by atomic mass is 79.9. The van der Waals surface area contributed by atoms with Crippen molar-refractivity contribution in [2.75, 3.05) is 0 Å². The molecule has 1 aromatic carbocycles. The van der Waals surface area contributed by atoms with Gasteiger partial charge < -0.3 is 0 Å². The minimum atomic E-state index is -3.42. The molecule has 3 nitrogen and oxygen atoms in total. The summed E-state index contributed by atoms with van der Waals surface area (Å²) in [4.78, 5) is 0.289. The molecule has 0 saturated heterocycles. The van der Waals surface area contributed by atoms with Gasteiger partial charge in [0.2, 0.25) is 10.0 Å². The van der Waals surface area contributed by atoms with E-state index in [0.29, 0.717) is 0 Å². The van der Waals surface area contributed by atoms with Gasteiger partial charge in [-0.25, -0.2) is 13.1 Å². The third-order valence-corrected chi connectivity index (χ3v) is 4.66. The molecular formula is C11H16BrNO2S. The molecule has 0 amide bonds. The van der Waals surface area contributed by atoms with E-state index < -0.39 is 15.6 Å². The lowest BCUT2D eigenvalue weighted by molar-refractivity contribution is 0.439. The smallest absolute Gasteiger partial charge is 0.207 e. The van der Waals surface area contributed by atoms with Gasteiger partial charge >= 0.3 is 0 Å². The number of hydrogen-bond donors (Lipinski definition) is 1. The van der Waals surface area contributed by atoms with Gasteiger partial charge in [-0.2, -0.15) is 0 Å². The number of rotatable bonds is 4. The summed E-state index contributed by atoms with van der Waals surface area (Å²) in [6.07, 6.45) is 0.739. The molecule has 0 aliphatic carbocycles. The first-order valence-electron chi connectivity index (χ1n) is 5.06. The maximum atomic E-state index is 12.0. The summed E-state index contributed by atoms with van der Waals surface area (Å²) < 4.78 is 27.5. The first-order chi connectivity index (χ1) is 7.27. The lowest BCUT2D eigenvalue weighted by Crippen LogP contribution is -2.42. The van der Waals surface area contributed by atoms with Crippen LogP contribution in [0.25, 0.3) is 0 Å². The molecule has 0 bridgehead atoms. The molecule has 90 valence electrons. The van der Waals surface area contributed by atoms with E-state index in [0.717, 1.165) is 10.9 Å². The Hall–Kier alpha value is -0.390. The van der Waals surface area contributed by atoms with Crippen molar-refractivity contribution in [1.82, 2.24) is 4.72 Å². The van der Waals surface area contributed by atoms with E-state index >= 15 is 0 Å². The predicted molar refractivity (Wildman–Crippen MR) is 68.8 cm³/mol. The average molecular weight is 306 g/mol. The molecule has 0 atom stereocenters. The van der Waals surface area contributed by atoms with Crippen LogP contribution in [0.1, 0.15) is 27.2 Å². The maximum Gasteiger partial charge on any atom is 0.241 e. The Labute approximate surface area is 105 Å². The molecule has 0 fully saturated rings. The number of hydrogen-bond acceptors (Lipinski definition) is 2. The van der Waals surface area contributed by atoms with Gasteiger partial charge in [0.25, 0.3) is 0 Å². The van der Waals surface area contributed by atoms with Gasteiger partial charge in [-0.05, 0) is 44.5 Å². The molecule has 0 spiro atoms. The van der Waals surface area contributed by atoms with Crippen LogP contribution in [-0.4, -0.2) is 14.0 Å². The molecule has 0 unspecified atom stereocenters. The van der Waals surface area contributed by atoms with Crippen LogP contribution >= 0.6 is 15.9 Å². The second-order valence-electron chi connectivity index (χ2n) is 4.30. The van der Waals surface area contributed by atoms with Gasteiger partial charge in [0.1, 0.15) is 0 Å². The summed E-state index contributed by atoms with van der Waals surface area (Å²) in [5, 5.41) is 0. The van der Waals surface area contributed by atoms with Crippen LogP contribution in [0, 0.1) is 0 Å². The Morgan fingerprint density at radius 3 is 2.19 bits per heavy atom. The molecule has 0 radical (unpaired) electrons. The standard InChI is InChI=1S/C11H16BrNO2S/c1-4-11(2,3)13-16(14,15)10-7-5-9(12)6-8-10/h5-8,13H,4H2,1-3H3. The largest absolute Gasteiger partial charge is 0.241 e. The van der Waals surface area contributed by atoms with Crippen LogP contribution in [0.4, 0.5) is 0 Å². The quantitative estimate of drug-likeness (QED) is 0.929. The van der Waals surface area contributed by atoms with Gasteiger partial charge in [-0.3, -0.25) is 0 Å². The summed E-state index contributed by atoms with van der Waals surface area (Å²) in [5.74, 6) is 0. The third kappa shape index (κ3) is 3.57. The van der Waals surface area contributed by atoms with Gasteiger partial charge in [-0.15, -0.1) is 0 Å². The number of halogens is 1. The zero-order valence-corrected chi connectivity index (χ0v) is 12.0. The molecule has 16 heavy (non-hydrogen) atoms. The average Bonchev–Trinajstić information content (AvgIpc) is 2.17. The monoisotopic (exact) mass is 305 g/mol. The van der Waals surface area contributed by atoms with Crippen LogP contribution in [0.3, 0.4) is 0 Å². The lowest BCUT2D eigenvalue weighted by atomic mass is 10.0. The fourth-order valence-corrected chi connectivity index (χ4v) is 2.86. The van der Waals surface area contributed by atoms with Crippen molar-refractivity contribution in [2.45, 2.75) is 37.6 Å². The first-order valence-corrected chi connectivity index (χ1v) is 7.34. The van der Waals surface area contributed by atoms with E-state index in [1.165, 1.54) is 0 Å². The predicted octanol–water partition coefficient (Wildman–Crippen LogP) is 2.92. The SMILES string of the molecule is CCC(C)(C)NS(=O)(=O)c1ccc(Br)cc1. The Bertz CT molecular complexity index is 451. The van der Waals surface area contributed by atoms with Crippen LogP contribution in [0.2, 0.25) is 0 Å². The normalized spacial score (nSPS) is 12.8. The summed E-state index contributed by atoms with van der Waals surface area (Å²) in [6.45, 7) is 5.68. The summed E-state index contributed by atoms with van der Waals surface area (Å²) in [6, 6.07) is 6.59. The minimum Gasteiger partial charge on any atom is -0.207 e. The molecule has 1 N–H and O–H groups in total. The van der Waals surface area contributed by atoms with Crippen molar-refractivity contribution in [1.29, 1.82) is 0 Å². The Morgan fingerprint density at radius 2 is 1.75 bits per heavy atom. The molecule has 0 aromatic heterocycles. The molecular weight excluding hydrogens is 290 g/mol. The number of benzene rings is 1. The second-order valence-corrected chi connectivity index (χ2v) is 6.89. The zero-order chi connectivity index (χ0) is 12.4. The molecule has 0 aliphatic rings. The van der Waals surface area contributed by atoms with Gasteiger partial charge in [0.05, 0.1) is 4.90 Å². The number of nitrogens with one attached hydrogen (secondary N) is 1. The van der Waals surface area contributed by atoms with Crippen molar-refractivity contribution < 1.29 is 8.42 Å².